The molecular weight excluding hydrogens is 284 g/mol. The minimum Gasteiger partial charge on any atom is -0.375 e. The molecule has 0 spiro atoms. The lowest BCUT2D eigenvalue weighted by Crippen LogP contribution is -2.42. The Hall–Kier alpha value is -1.73. The van der Waals surface area contributed by atoms with Crippen LogP contribution < -0.4 is 11.3 Å². The van der Waals surface area contributed by atoms with Crippen LogP contribution >= 0.6 is 11.3 Å². The van der Waals surface area contributed by atoms with Crippen molar-refractivity contribution < 1.29 is 4.74 Å². The topological polar surface area (TPSA) is 64.6 Å². The number of fused-ring (bicyclic) bond motifs is 1. The van der Waals surface area contributed by atoms with E-state index in [1.165, 1.54) is 0 Å². The lowest BCUT2D eigenvalue weighted by Gasteiger charge is -2.25. The number of hydrazine groups is 1. The largest absolute Gasteiger partial charge is 0.375 e. The molecule has 2 atom stereocenters. The van der Waals surface area contributed by atoms with Crippen LogP contribution in [0.25, 0.3) is 4.96 Å². The molecule has 0 bridgehead atoms. The Morgan fingerprint density at radius 3 is 2.86 bits per heavy atom. The van der Waals surface area contributed by atoms with Gasteiger partial charge in [-0.25, -0.2) is 4.98 Å². The van der Waals surface area contributed by atoms with Gasteiger partial charge in [-0.2, -0.15) is 0 Å². The van der Waals surface area contributed by atoms with Gasteiger partial charge in [-0.3, -0.25) is 15.7 Å². The Morgan fingerprint density at radius 1 is 1.38 bits per heavy atom. The van der Waals surface area contributed by atoms with Crippen LogP contribution in [0.3, 0.4) is 0 Å². The van der Waals surface area contributed by atoms with Crippen LogP contribution in [-0.2, 0) is 11.2 Å². The van der Waals surface area contributed by atoms with Gasteiger partial charge in [-0.05, 0) is 5.56 Å². The van der Waals surface area contributed by atoms with Crippen LogP contribution in [0, 0.1) is 0 Å². The van der Waals surface area contributed by atoms with Gasteiger partial charge >= 0.3 is 0 Å². The van der Waals surface area contributed by atoms with Gasteiger partial charge in [0.2, 0.25) is 0 Å². The number of aromatic nitrogens is 2. The Morgan fingerprint density at radius 2 is 2.19 bits per heavy atom. The number of imidazole rings is 1. The van der Waals surface area contributed by atoms with Crippen LogP contribution in [0.4, 0.5) is 0 Å². The normalized spacial score (nSPS) is 14.4. The maximum Gasteiger partial charge on any atom is 0.193 e. The highest BCUT2D eigenvalue weighted by molar-refractivity contribution is 7.15. The number of rotatable bonds is 6. The van der Waals surface area contributed by atoms with Crippen LogP contribution in [0.15, 0.2) is 48.1 Å². The van der Waals surface area contributed by atoms with Crippen molar-refractivity contribution in [2.75, 3.05) is 7.11 Å². The molecule has 110 valence electrons. The highest BCUT2D eigenvalue weighted by atomic mass is 32.1. The molecule has 2 heterocycles. The second-order valence-electron chi connectivity index (χ2n) is 4.87. The average Bonchev–Trinajstić information content (AvgIpc) is 3.09. The van der Waals surface area contributed by atoms with Crippen LogP contribution in [0.5, 0.6) is 0 Å². The number of methoxy groups -OCH3 is 1. The third kappa shape index (κ3) is 2.98. The monoisotopic (exact) mass is 302 g/mol. The Kier molecular flexibility index (Phi) is 4.31. The highest BCUT2D eigenvalue weighted by Gasteiger charge is 2.23. The molecule has 3 aromatic rings. The first-order chi connectivity index (χ1) is 10.3. The standard InChI is InChI=1S/C15H18N4OS/c1-20-14(11-5-3-2-4-6-11)13(18-16)9-12-10-19-7-8-21-15(19)17-12/h2-8,10,13-14,18H,9,16H2,1H3. The van der Waals surface area contributed by atoms with E-state index >= 15 is 0 Å². The average molecular weight is 302 g/mol. The molecule has 0 aliphatic heterocycles. The number of ether oxygens (including phenoxy) is 1. The summed E-state index contributed by atoms with van der Waals surface area (Å²) in [5, 5.41) is 2.02. The molecule has 21 heavy (non-hydrogen) atoms. The predicted molar refractivity (Wildman–Crippen MR) is 84.1 cm³/mol. The van der Waals surface area contributed by atoms with Crippen LogP contribution in [-0.4, -0.2) is 22.5 Å². The lowest BCUT2D eigenvalue weighted by atomic mass is 9.99. The van der Waals surface area contributed by atoms with Gasteiger partial charge in [0.05, 0.1) is 17.8 Å². The maximum atomic E-state index is 5.74. The van der Waals surface area contributed by atoms with E-state index in [1.54, 1.807) is 18.4 Å². The summed E-state index contributed by atoms with van der Waals surface area (Å²) in [6.45, 7) is 0. The van der Waals surface area contributed by atoms with Gasteiger partial charge in [-0.1, -0.05) is 30.3 Å². The number of thiazole rings is 1. The summed E-state index contributed by atoms with van der Waals surface area (Å²) in [4.78, 5) is 5.60. The van der Waals surface area contributed by atoms with E-state index in [0.717, 1.165) is 16.2 Å². The summed E-state index contributed by atoms with van der Waals surface area (Å²) in [5.74, 6) is 5.74. The van der Waals surface area contributed by atoms with E-state index in [-0.39, 0.29) is 12.1 Å². The van der Waals surface area contributed by atoms with E-state index < -0.39 is 0 Å². The molecule has 0 aliphatic carbocycles. The molecule has 1 aromatic carbocycles. The Balaban J connectivity index is 1.81. The summed E-state index contributed by atoms with van der Waals surface area (Å²) >= 11 is 1.62. The third-order valence-corrected chi connectivity index (χ3v) is 4.30. The molecule has 0 radical (unpaired) electrons. The van der Waals surface area contributed by atoms with E-state index in [9.17, 15) is 0 Å². The van der Waals surface area contributed by atoms with Crippen molar-refractivity contribution in [3.8, 4) is 0 Å². The molecule has 5 nitrogen and oxygen atoms in total. The van der Waals surface area contributed by atoms with Gasteiger partial charge < -0.3 is 4.74 Å². The van der Waals surface area contributed by atoms with E-state index in [4.69, 9.17) is 10.6 Å². The van der Waals surface area contributed by atoms with Crippen LogP contribution in [0.1, 0.15) is 17.4 Å². The summed E-state index contributed by atoms with van der Waals surface area (Å²) in [5.41, 5.74) is 4.97. The molecule has 6 heteroatoms. The van der Waals surface area contributed by atoms with Crippen molar-refractivity contribution in [1.29, 1.82) is 0 Å². The molecule has 2 aromatic heterocycles. The molecule has 0 fully saturated rings. The molecule has 0 saturated heterocycles. The first-order valence-corrected chi connectivity index (χ1v) is 7.64. The fourth-order valence-electron chi connectivity index (χ4n) is 2.53. The SMILES string of the molecule is COC(c1ccccc1)C(Cc1cn2ccsc2n1)NN. The van der Waals surface area contributed by atoms with E-state index in [0.29, 0.717) is 6.42 Å². The number of hydrogen-bond acceptors (Lipinski definition) is 5. The quantitative estimate of drug-likeness (QED) is 0.541. The second kappa shape index (κ2) is 6.36. The molecule has 3 N–H and O–H groups in total. The highest BCUT2D eigenvalue weighted by Crippen LogP contribution is 2.23. The second-order valence-corrected chi connectivity index (χ2v) is 5.74. The first kappa shape index (κ1) is 14.2. The van der Waals surface area contributed by atoms with Gasteiger partial charge in [0.15, 0.2) is 4.96 Å². The minimum absolute atomic E-state index is 0.0398. The molecule has 2 unspecified atom stereocenters. The number of hydrogen-bond donors (Lipinski definition) is 2. The smallest absolute Gasteiger partial charge is 0.193 e. The molecule has 0 saturated carbocycles. The van der Waals surface area contributed by atoms with Crippen molar-refractivity contribution in [1.82, 2.24) is 14.8 Å². The maximum absolute atomic E-state index is 5.74. The van der Waals surface area contributed by atoms with Crippen molar-refractivity contribution >= 4 is 16.3 Å². The third-order valence-electron chi connectivity index (χ3n) is 3.53. The number of nitrogens with one attached hydrogen (secondary N) is 1. The molecular formula is C15H18N4OS. The van der Waals surface area contributed by atoms with E-state index in [2.05, 4.69) is 10.4 Å². The first-order valence-electron chi connectivity index (χ1n) is 6.76. The lowest BCUT2D eigenvalue weighted by molar-refractivity contribution is 0.0676. The number of nitrogens with two attached hydrogens (primary N) is 1. The molecule has 3 rings (SSSR count). The molecule has 0 amide bonds. The van der Waals surface area contributed by atoms with Crippen molar-refractivity contribution in [3.63, 3.8) is 0 Å². The van der Waals surface area contributed by atoms with Crippen LogP contribution in [0.2, 0.25) is 0 Å². The summed E-state index contributed by atoms with van der Waals surface area (Å²) in [6.07, 6.45) is 4.63. The van der Waals surface area contributed by atoms with Gasteiger partial charge in [0.25, 0.3) is 0 Å². The Bertz CT molecular complexity index is 665. The Labute approximate surface area is 127 Å². The van der Waals surface area contributed by atoms with Crippen molar-refractivity contribution in [3.05, 3.63) is 59.4 Å². The fourth-order valence-corrected chi connectivity index (χ4v) is 3.25. The summed E-state index contributed by atoms with van der Waals surface area (Å²) < 4.78 is 7.67. The zero-order valence-corrected chi connectivity index (χ0v) is 12.6. The zero-order valence-electron chi connectivity index (χ0n) is 11.8. The van der Waals surface area contributed by atoms with Gasteiger partial charge in [0.1, 0.15) is 0 Å². The molecule has 0 aliphatic rings. The van der Waals surface area contributed by atoms with Gasteiger partial charge in [-0.15, -0.1) is 11.3 Å². The van der Waals surface area contributed by atoms with Gasteiger partial charge in [0, 0.05) is 31.3 Å². The summed E-state index contributed by atoms with van der Waals surface area (Å²) in [6, 6.07) is 10.0. The van der Waals surface area contributed by atoms with Crippen molar-refractivity contribution in [2.45, 2.75) is 18.6 Å². The minimum atomic E-state index is -0.115. The predicted octanol–water partition coefficient (Wildman–Crippen LogP) is 2.16. The number of nitrogens with zero attached hydrogens (tertiary/aromatic N) is 2. The van der Waals surface area contributed by atoms with E-state index in [1.807, 2.05) is 52.5 Å². The fraction of sp³-hybridized carbons (Fsp3) is 0.267. The zero-order chi connectivity index (χ0) is 14.7. The number of benzene rings is 1. The summed E-state index contributed by atoms with van der Waals surface area (Å²) in [7, 11) is 1.70. The van der Waals surface area contributed by atoms with Crippen molar-refractivity contribution in [2.24, 2.45) is 5.84 Å².